The van der Waals surface area contributed by atoms with Crippen molar-refractivity contribution in [2.45, 2.75) is 12.3 Å². The molecule has 0 saturated carbocycles. The first-order valence-electron chi connectivity index (χ1n) is 10.0. The molecule has 4 N–H and O–H groups in total. The molecule has 0 spiro atoms. The lowest BCUT2D eigenvalue weighted by Crippen LogP contribution is -2.42. The molecule has 166 valence electrons. The summed E-state index contributed by atoms with van der Waals surface area (Å²) >= 11 is 6.02. The molecule has 0 saturated heterocycles. The van der Waals surface area contributed by atoms with Crippen LogP contribution in [-0.2, 0) is 0 Å². The Labute approximate surface area is 195 Å². The maximum Gasteiger partial charge on any atom is 0.271 e. The number of pyridine rings is 1. The highest BCUT2D eigenvalue weighted by Crippen LogP contribution is 2.32. The van der Waals surface area contributed by atoms with Gasteiger partial charge in [0.2, 0.25) is 0 Å². The van der Waals surface area contributed by atoms with Gasteiger partial charge in [0, 0.05) is 23.0 Å². The van der Waals surface area contributed by atoms with Crippen molar-refractivity contribution < 1.29 is 15.0 Å². The molecule has 4 rings (SSSR count). The van der Waals surface area contributed by atoms with Crippen LogP contribution in [-0.4, -0.2) is 44.9 Å². The van der Waals surface area contributed by atoms with E-state index in [1.807, 2.05) is 30.3 Å². The molecule has 2 atom stereocenters. The van der Waals surface area contributed by atoms with Crippen LogP contribution < -0.4 is 10.7 Å². The van der Waals surface area contributed by atoms with Gasteiger partial charge in [0.1, 0.15) is 17.5 Å². The summed E-state index contributed by atoms with van der Waals surface area (Å²) in [5, 5.41) is 29.0. The van der Waals surface area contributed by atoms with Gasteiger partial charge < -0.3 is 15.5 Å². The fourth-order valence-corrected chi connectivity index (χ4v) is 3.31. The molecule has 1 aliphatic heterocycles. The van der Waals surface area contributed by atoms with Crippen LogP contribution in [0.25, 0.3) is 6.08 Å². The van der Waals surface area contributed by atoms with Crippen LogP contribution in [0.3, 0.4) is 0 Å². The fourth-order valence-electron chi connectivity index (χ4n) is 3.14. The standard InChI is InChI=1S/C24H20ClN5O3/c25-17-7-8-18-19(14-17)28-24(33)22(27-18)21(20(31)9-6-15-4-2-1-3-5-15)29-30-23(32)16-10-12-26-13-11-16/h1-14,20,24,28,31,33H,(H,30,32)/b9-6?,29-21+. The van der Waals surface area contributed by atoms with E-state index in [0.29, 0.717) is 22.0 Å². The van der Waals surface area contributed by atoms with Gasteiger partial charge in [-0.05, 0) is 42.0 Å². The molecule has 2 aromatic carbocycles. The molecule has 0 radical (unpaired) electrons. The second-order valence-electron chi connectivity index (χ2n) is 7.09. The molecule has 1 amide bonds. The zero-order valence-electron chi connectivity index (χ0n) is 17.3. The normalized spacial score (nSPS) is 16.5. The topological polar surface area (TPSA) is 119 Å². The summed E-state index contributed by atoms with van der Waals surface area (Å²) in [6, 6.07) is 17.4. The summed E-state index contributed by atoms with van der Waals surface area (Å²) < 4.78 is 0. The van der Waals surface area contributed by atoms with Crippen molar-refractivity contribution in [3.05, 3.63) is 95.3 Å². The Balaban J connectivity index is 1.68. The van der Waals surface area contributed by atoms with Crippen molar-refractivity contribution in [1.82, 2.24) is 10.4 Å². The van der Waals surface area contributed by atoms with Crippen LogP contribution in [0.4, 0.5) is 11.4 Å². The van der Waals surface area contributed by atoms with Crippen LogP contribution in [0.15, 0.2) is 89.2 Å². The lowest BCUT2D eigenvalue weighted by atomic mass is 10.0. The molecule has 1 aromatic heterocycles. The zero-order valence-corrected chi connectivity index (χ0v) is 18.0. The molecular weight excluding hydrogens is 442 g/mol. The van der Waals surface area contributed by atoms with E-state index in [1.165, 1.54) is 30.6 Å². The summed E-state index contributed by atoms with van der Waals surface area (Å²) in [5.74, 6) is -0.500. The van der Waals surface area contributed by atoms with Gasteiger partial charge >= 0.3 is 0 Å². The highest BCUT2D eigenvalue weighted by atomic mass is 35.5. The summed E-state index contributed by atoms with van der Waals surface area (Å²) in [6.07, 6.45) is 3.62. The van der Waals surface area contributed by atoms with E-state index in [2.05, 4.69) is 25.8 Å². The number of nitrogens with zero attached hydrogens (tertiary/aromatic N) is 3. The van der Waals surface area contributed by atoms with Crippen molar-refractivity contribution in [3.8, 4) is 0 Å². The molecule has 2 heterocycles. The summed E-state index contributed by atoms with van der Waals surface area (Å²) in [5.41, 5.74) is 4.70. The Bertz CT molecular complexity index is 1230. The number of aliphatic imine (C=N–C) groups is 1. The van der Waals surface area contributed by atoms with Gasteiger partial charge in [-0.15, -0.1) is 0 Å². The SMILES string of the molecule is O=C(N/N=C(/C1=Nc2ccc(Cl)cc2NC1O)C(O)C=Cc1ccccc1)c1ccncc1. The summed E-state index contributed by atoms with van der Waals surface area (Å²) in [4.78, 5) is 20.8. The van der Waals surface area contributed by atoms with E-state index in [4.69, 9.17) is 11.6 Å². The van der Waals surface area contributed by atoms with E-state index >= 15 is 0 Å². The molecule has 0 aliphatic carbocycles. The largest absolute Gasteiger partial charge is 0.383 e. The van der Waals surface area contributed by atoms with Crippen molar-refractivity contribution in [2.75, 3.05) is 5.32 Å². The van der Waals surface area contributed by atoms with Gasteiger partial charge in [0.15, 0.2) is 6.23 Å². The Hall–Kier alpha value is -3.85. The Morgan fingerprint density at radius 2 is 1.91 bits per heavy atom. The Morgan fingerprint density at radius 3 is 2.67 bits per heavy atom. The first kappa shape index (κ1) is 22.3. The predicted octanol–water partition coefficient (Wildman–Crippen LogP) is 3.41. The number of anilines is 1. The molecule has 2 unspecified atom stereocenters. The number of aromatic nitrogens is 1. The van der Waals surface area contributed by atoms with Gasteiger partial charge in [0.25, 0.3) is 5.91 Å². The third-order valence-electron chi connectivity index (χ3n) is 4.78. The second-order valence-corrected chi connectivity index (χ2v) is 7.53. The zero-order chi connectivity index (χ0) is 23.2. The van der Waals surface area contributed by atoms with E-state index < -0.39 is 18.2 Å². The second kappa shape index (κ2) is 10.2. The monoisotopic (exact) mass is 461 g/mol. The first-order chi connectivity index (χ1) is 16.0. The fraction of sp³-hybridized carbons (Fsp3) is 0.0833. The number of aliphatic hydroxyl groups excluding tert-OH is 2. The summed E-state index contributed by atoms with van der Waals surface area (Å²) in [6.45, 7) is 0. The number of carbonyl (C=O) groups excluding carboxylic acids is 1. The third-order valence-corrected chi connectivity index (χ3v) is 5.02. The highest BCUT2D eigenvalue weighted by Gasteiger charge is 2.28. The van der Waals surface area contributed by atoms with E-state index in [-0.39, 0.29) is 11.4 Å². The van der Waals surface area contributed by atoms with Crippen molar-refractivity contribution >= 4 is 46.4 Å². The molecule has 3 aromatic rings. The maximum atomic E-state index is 12.5. The molecule has 33 heavy (non-hydrogen) atoms. The number of benzene rings is 2. The smallest absolute Gasteiger partial charge is 0.271 e. The number of aliphatic hydroxyl groups is 2. The van der Waals surface area contributed by atoms with Gasteiger partial charge in [-0.1, -0.05) is 48.0 Å². The number of fused-ring (bicyclic) bond motifs is 1. The van der Waals surface area contributed by atoms with Crippen molar-refractivity contribution in [2.24, 2.45) is 10.1 Å². The van der Waals surface area contributed by atoms with Gasteiger partial charge in [-0.25, -0.2) is 10.4 Å². The number of carbonyl (C=O) groups is 1. The average Bonchev–Trinajstić information content (AvgIpc) is 2.84. The van der Waals surface area contributed by atoms with E-state index in [1.54, 1.807) is 24.3 Å². The van der Waals surface area contributed by atoms with Crippen LogP contribution in [0.1, 0.15) is 15.9 Å². The number of hydrogen-bond donors (Lipinski definition) is 4. The van der Waals surface area contributed by atoms with Crippen molar-refractivity contribution in [3.63, 3.8) is 0 Å². The number of rotatable bonds is 6. The molecule has 1 aliphatic rings. The quantitative estimate of drug-likeness (QED) is 0.331. The van der Waals surface area contributed by atoms with Gasteiger partial charge in [0.05, 0.1) is 11.4 Å². The van der Waals surface area contributed by atoms with E-state index in [9.17, 15) is 15.0 Å². The molecule has 0 fully saturated rings. The van der Waals surface area contributed by atoms with Crippen LogP contribution in [0, 0.1) is 0 Å². The number of nitrogens with one attached hydrogen (secondary N) is 2. The Kier molecular flexibility index (Phi) is 6.89. The van der Waals surface area contributed by atoms with Crippen LogP contribution >= 0.6 is 11.6 Å². The van der Waals surface area contributed by atoms with Gasteiger partial charge in [-0.3, -0.25) is 9.78 Å². The lowest BCUT2D eigenvalue weighted by Gasteiger charge is -2.25. The first-order valence-corrected chi connectivity index (χ1v) is 10.4. The lowest BCUT2D eigenvalue weighted by molar-refractivity contribution is 0.0954. The third kappa shape index (κ3) is 5.50. The number of hydrazone groups is 1. The predicted molar refractivity (Wildman–Crippen MR) is 129 cm³/mol. The minimum absolute atomic E-state index is 0.0230. The maximum absolute atomic E-state index is 12.5. The summed E-state index contributed by atoms with van der Waals surface area (Å²) in [7, 11) is 0. The van der Waals surface area contributed by atoms with Crippen LogP contribution in [0.2, 0.25) is 5.02 Å². The minimum Gasteiger partial charge on any atom is -0.383 e. The molecule has 9 heteroatoms. The van der Waals surface area contributed by atoms with Crippen LogP contribution in [0.5, 0.6) is 0 Å². The highest BCUT2D eigenvalue weighted by molar-refractivity contribution is 6.47. The van der Waals surface area contributed by atoms with Crippen molar-refractivity contribution in [1.29, 1.82) is 0 Å². The van der Waals surface area contributed by atoms with Gasteiger partial charge in [-0.2, -0.15) is 5.10 Å². The number of hydrogen-bond acceptors (Lipinski definition) is 7. The molecular formula is C24H20ClN5O3. The molecule has 8 nitrogen and oxygen atoms in total. The average molecular weight is 462 g/mol. The Morgan fingerprint density at radius 1 is 1.15 bits per heavy atom. The molecule has 0 bridgehead atoms. The minimum atomic E-state index is -1.28. The van der Waals surface area contributed by atoms with E-state index in [0.717, 1.165) is 5.56 Å². The number of halogens is 1. The number of amides is 1.